The van der Waals surface area contributed by atoms with Crippen LogP contribution in [0, 0.1) is 0 Å². The van der Waals surface area contributed by atoms with Crippen LogP contribution >= 0.6 is 24.0 Å². The van der Waals surface area contributed by atoms with Gasteiger partial charge in [-0.25, -0.2) is 4.99 Å². The van der Waals surface area contributed by atoms with Crippen molar-refractivity contribution >= 4 is 29.9 Å². The number of rotatable bonds is 9. The number of methoxy groups -OCH3 is 1. The fraction of sp³-hybridized carbons (Fsp3) is 0.632. The predicted octanol–water partition coefficient (Wildman–Crippen LogP) is 3.49. The molecule has 0 aliphatic rings. The molecule has 0 heterocycles. The van der Waals surface area contributed by atoms with Crippen molar-refractivity contribution in [3.8, 4) is 5.75 Å². The highest BCUT2D eigenvalue weighted by Crippen LogP contribution is 2.17. The zero-order chi connectivity index (χ0) is 17.9. The lowest BCUT2D eigenvalue weighted by molar-refractivity contribution is 0.178. The first-order chi connectivity index (χ1) is 11.5. The number of guanidine groups is 1. The summed E-state index contributed by atoms with van der Waals surface area (Å²) in [6, 6.07) is 9.08. The molecule has 0 unspecified atom stereocenters. The van der Waals surface area contributed by atoms with Crippen molar-refractivity contribution in [2.45, 2.75) is 53.2 Å². The van der Waals surface area contributed by atoms with Crippen molar-refractivity contribution in [3.63, 3.8) is 0 Å². The molecule has 1 aromatic rings. The molecule has 0 spiro atoms. The molecule has 0 aliphatic heterocycles. The highest BCUT2D eigenvalue weighted by molar-refractivity contribution is 14.0. The first-order valence-corrected chi connectivity index (χ1v) is 8.89. The first kappa shape index (κ1) is 24.0. The van der Waals surface area contributed by atoms with Gasteiger partial charge in [-0.3, -0.25) is 4.90 Å². The summed E-state index contributed by atoms with van der Waals surface area (Å²) in [5, 5.41) is 6.73. The Morgan fingerprint density at radius 2 is 1.76 bits per heavy atom. The van der Waals surface area contributed by atoms with Gasteiger partial charge in [-0.1, -0.05) is 18.2 Å². The van der Waals surface area contributed by atoms with Crippen molar-refractivity contribution in [3.05, 3.63) is 29.8 Å². The van der Waals surface area contributed by atoms with Crippen molar-refractivity contribution < 1.29 is 4.74 Å². The SMILES string of the molecule is CCNC(=NCc1ccccc1OC)NCCN(C(C)C)C(C)C.I. The molecule has 5 nitrogen and oxygen atoms in total. The van der Waals surface area contributed by atoms with Gasteiger partial charge in [-0.2, -0.15) is 0 Å². The van der Waals surface area contributed by atoms with E-state index in [2.05, 4.69) is 55.1 Å². The van der Waals surface area contributed by atoms with Crippen LogP contribution < -0.4 is 15.4 Å². The average molecular weight is 462 g/mol. The minimum absolute atomic E-state index is 0. The Labute approximate surface area is 170 Å². The second-order valence-corrected chi connectivity index (χ2v) is 6.36. The fourth-order valence-electron chi connectivity index (χ4n) is 2.76. The highest BCUT2D eigenvalue weighted by Gasteiger charge is 2.12. The van der Waals surface area contributed by atoms with Crippen LogP contribution in [0.15, 0.2) is 29.3 Å². The Morgan fingerprint density at radius 3 is 2.32 bits per heavy atom. The van der Waals surface area contributed by atoms with Crippen LogP contribution in [0.2, 0.25) is 0 Å². The maximum absolute atomic E-state index is 5.39. The molecule has 144 valence electrons. The van der Waals surface area contributed by atoms with Gasteiger partial charge < -0.3 is 15.4 Å². The van der Waals surface area contributed by atoms with Gasteiger partial charge in [0.15, 0.2) is 5.96 Å². The number of nitrogens with zero attached hydrogens (tertiary/aromatic N) is 2. The molecule has 0 bridgehead atoms. The average Bonchev–Trinajstić information content (AvgIpc) is 2.55. The second-order valence-electron chi connectivity index (χ2n) is 6.36. The Morgan fingerprint density at radius 1 is 1.12 bits per heavy atom. The molecule has 25 heavy (non-hydrogen) atoms. The number of hydrogen-bond acceptors (Lipinski definition) is 3. The van der Waals surface area contributed by atoms with Crippen LogP contribution in [0.25, 0.3) is 0 Å². The van der Waals surface area contributed by atoms with E-state index in [-0.39, 0.29) is 24.0 Å². The number of hydrogen-bond donors (Lipinski definition) is 2. The van der Waals surface area contributed by atoms with Crippen LogP contribution in [0.3, 0.4) is 0 Å². The predicted molar refractivity (Wildman–Crippen MR) is 118 cm³/mol. The molecular weight excluding hydrogens is 427 g/mol. The van der Waals surface area contributed by atoms with E-state index in [1.165, 1.54) is 0 Å². The lowest BCUT2D eigenvalue weighted by Crippen LogP contribution is -2.45. The van der Waals surface area contributed by atoms with Gasteiger partial charge in [0.2, 0.25) is 0 Å². The largest absolute Gasteiger partial charge is 0.496 e. The topological polar surface area (TPSA) is 48.9 Å². The Balaban J connectivity index is 0.00000576. The molecule has 0 aliphatic carbocycles. The highest BCUT2D eigenvalue weighted by atomic mass is 127. The zero-order valence-corrected chi connectivity index (χ0v) is 18.8. The number of para-hydroxylation sites is 1. The van der Waals surface area contributed by atoms with E-state index in [0.29, 0.717) is 18.6 Å². The number of benzene rings is 1. The number of aliphatic imine (C=N–C) groups is 1. The molecule has 0 atom stereocenters. The Kier molecular flexibility index (Phi) is 12.7. The van der Waals surface area contributed by atoms with E-state index in [0.717, 1.165) is 36.9 Å². The molecule has 2 N–H and O–H groups in total. The van der Waals surface area contributed by atoms with Gasteiger partial charge in [-0.05, 0) is 40.7 Å². The van der Waals surface area contributed by atoms with Crippen molar-refractivity contribution in [2.24, 2.45) is 4.99 Å². The van der Waals surface area contributed by atoms with Crippen molar-refractivity contribution in [1.82, 2.24) is 15.5 Å². The van der Waals surface area contributed by atoms with E-state index >= 15 is 0 Å². The van der Waals surface area contributed by atoms with Gasteiger partial charge >= 0.3 is 0 Å². The first-order valence-electron chi connectivity index (χ1n) is 8.89. The van der Waals surface area contributed by atoms with Gasteiger partial charge in [-0.15, -0.1) is 24.0 Å². The molecule has 0 fully saturated rings. The molecule has 1 rings (SSSR count). The normalized spacial score (nSPS) is 11.6. The van der Waals surface area contributed by atoms with Gasteiger partial charge in [0.25, 0.3) is 0 Å². The lowest BCUT2D eigenvalue weighted by Gasteiger charge is -2.30. The number of nitrogens with one attached hydrogen (secondary N) is 2. The van der Waals surface area contributed by atoms with Gasteiger partial charge in [0.1, 0.15) is 5.75 Å². The fourth-order valence-corrected chi connectivity index (χ4v) is 2.76. The third-order valence-corrected chi connectivity index (χ3v) is 3.93. The Hall–Kier alpha value is -1.02. The minimum atomic E-state index is 0. The zero-order valence-electron chi connectivity index (χ0n) is 16.5. The van der Waals surface area contributed by atoms with Crippen LogP contribution in [0.4, 0.5) is 0 Å². The summed E-state index contributed by atoms with van der Waals surface area (Å²) < 4.78 is 5.39. The Bertz CT molecular complexity index is 498. The van der Waals surface area contributed by atoms with Crippen LogP contribution in [-0.2, 0) is 6.54 Å². The molecule has 0 radical (unpaired) electrons. The quantitative estimate of drug-likeness (QED) is 0.335. The van der Waals surface area contributed by atoms with Crippen molar-refractivity contribution in [1.29, 1.82) is 0 Å². The summed E-state index contributed by atoms with van der Waals surface area (Å²) in [5.41, 5.74) is 1.09. The molecular formula is C19H35IN4O. The van der Waals surface area contributed by atoms with Gasteiger partial charge in [0.05, 0.1) is 13.7 Å². The molecule has 1 aromatic carbocycles. The third kappa shape index (κ3) is 8.76. The lowest BCUT2D eigenvalue weighted by atomic mass is 10.2. The molecule has 0 saturated carbocycles. The smallest absolute Gasteiger partial charge is 0.191 e. The summed E-state index contributed by atoms with van der Waals surface area (Å²) in [6.07, 6.45) is 0. The maximum atomic E-state index is 5.39. The summed E-state index contributed by atoms with van der Waals surface area (Å²) >= 11 is 0. The number of halogens is 1. The van der Waals surface area contributed by atoms with E-state index in [1.807, 2.05) is 24.3 Å². The second kappa shape index (κ2) is 13.2. The van der Waals surface area contributed by atoms with Crippen LogP contribution in [0.1, 0.15) is 40.2 Å². The third-order valence-electron chi connectivity index (χ3n) is 3.93. The summed E-state index contributed by atoms with van der Waals surface area (Å²) in [6.45, 7) is 14.3. The molecule has 0 saturated heterocycles. The van der Waals surface area contributed by atoms with Crippen LogP contribution in [0.5, 0.6) is 5.75 Å². The van der Waals surface area contributed by atoms with E-state index in [4.69, 9.17) is 4.74 Å². The summed E-state index contributed by atoms with van der Waals surface area (Å²) in [7, 11) is 1.69. The van der Waals surface area contributed by atoms with E-state index in [1.54, 1.807) is 7.11 Å². The number of ether oxygens (including phenoxy) is 1. The summed E-state index contributed by atoms with van der Waals surface area (Å²) in [4.78, 5) is 7.14. The van der Waals surface area contributed by atoms with Crippen molar-refractivity contribution in [2.75, 3.05) is 26.7 Å². The van der Waals surface area contributed by atoms with Gasteiger partial charge in [0, 0.05) is 37.3 Å². The standard InChI is InChI=1S/C19H34N4O.HI/c1-7-20-19(21-12-13-23(15(2)3)16(4)5)22-14-17-10-8-9-11-18(17)24-6;/h8-11,15-16H,7,12-14H2,1-6H3,(H2,20,21,22);1H. The molecule has 6 heteroatoms. The monoisotopic (exact) mass is 462 g/mol. The maximum Gasteiger partial charge on any atom is 0.191 e. The summed E-state index contributed by atoms with van der Waals surface area (Å²) in [5.74, 6) is 1.72. The molecule has 0 aromatic heterocycles. The van der Waals surface area contributed by atoms with Crippen LogP contribution in [-0.4, -0.2) is 49.7 Å². The van der Waals surface area contributed by atoms with E-state index in [9.17, 15) is 0 Å². The van der Waals surface area contributed by atoms with E-state index < -0.39 is 0 Å². The molecule has 0 amide bonds. The minimum Gasteiger partial charge on any atom is -0.496 e.